The summed E-state index contributed by atoms with van der Waals surface area (Å²) in [7, 11) is 3.16. The second-order valence-corrected chi connectivity index (χ2v) is 5.94. The molecule has 0 bridgehead atoms. The Kier molecular flexibility index (Phi) is 5.95. The maximum atomic E-state index is 12.6. The highest BCUT2D eigenvalue weighted by molar-refractivity contribution is 7.09. The molecule has 0 saturated carbocycles. The van der Waals surface area contributed by atoms with Crippen molar-refractivity contribution in [2.45, 2.75) is 13.5 Å². The molecule has 23 heavy (non-hydrogen) atoms. The number of aliphatic hydroxyl groups excluding tert-OH is 1. The number of carbonyl (C=O) groups excluding carboxylic acids is 1. The zero-order valence-corrected chi connectivity index (χ0v) is 14.2. The molecule has 0 aliphatic heterocycles. The zero-order valence-electron chi connectivity index (χ0n) is 13.4. The summed E-state index contributed by atoms with van der Waals surface area (Å²) in [4.78, 5) is 18.4. The number of carbonyl (C=O) groups is 1. The summed E-state index contributed by atoms with van der Waals surface area (Å²) in [6.45, 7) is 2.25. The summed E-state index contributed by atoms with van der Waals surface area (Å²) in [5, 5.41) is 11.8. The summed E-state index contributed by atoms with van der Waals surface area (Å²) in [5.41, 5.74) is 1.20. The number of hydrogen-bond donors (Lipinski definition) is 1. The van der Waals surface area contributed by atoms with Crippen molar-refractivity contribution in [3.05, 3.63) is 39.8 Å². The second kappa shape index (κ2) is 7.94. The van der Waals surface area contributed by atoms with E-state index in [2.05, 4.69) is 4.98 Å². The molecule has 0 fully saturated rings. The molecular formula is C16H20N2O4S. The van der Waals surface area contributed by atoms with E-state index in [1.54, 1.807) is 36.6 Å². The van der Waals surface area contributed by atoms with Crippen LogP contribution in [0, 0.1) is 6.92 Å². The minimum atomic E-state index is -0.215. The number of nitrogens with zero attached hydrogens (tertiary/aromatic N) is 2. The Labute approximate surface area is 139 Å². The summed E-state index contributed by atoms with van der Waals surface area (Å²) in [6, 6.07) is 5.41. The molecule has 1 amide bonds. The predicted molar refractivity (Wildman–Crippen MR) is 88.2 cm³/mol. The minimum absolute atomic E-state index is 0.124. The second-order valence-electron chi connectivity index (χ2n) is 4.88. The first-order chi connectivity index (χ1) is 11.1. The van der Waals surface area contributed by atoms with E-state index in [0.29, 0.717) is 23.7 Å². The standard InChI is InChI=1S/C16H20N2O4S/c1-11-17-14(10-23-11)16(20)18(6-7-19)9-12-8-13(21-2)4-5-15(12)22-3/h4-5,8,10,19H,6-7,9H2,1-3H3. The van der Waals surface area contributed by atoms with Gasteiger partial charge in [-0.05, 0) is 25.1 Å². The number of aromatic nitrogens is 1. The summed E-state index contributed by atoms with van der Waals surface area (Å²) >= 11 is 1.42. The number of thiazole rings is 1. The van der Waals surface area contributed by atoms with Crippen LogP contribution in [0.4, 0.5) is 0 Å². The van der Waals surface area contributed by atoms with Crippen molar-refractivity contribution in [3.8, 4) is 11.5 Å². The Morgan fingerprint density at radius 3 is 2.70 bits per heavy atom. The van der Waals surface area contributed by atoms with Crippen LogP contribution in [0.15, 0.2) is 23.6 Å². The van der Waals surface area contributed by atoms with Crippen molar-refractivity contribution in [2.24, 2.45) is 0 Å². The number of aliphatic hydroxyl groups is 1. The number of hydrogen-bond acceptors (Lipinski definition) is 6. The third-order valence-electron chi connectivity index (χ3n) is 3.34. The molecule has 1 heterocycles. The van der Waals surface area contributed by atoms with Crippen LogP contribution in [0.2, 0.25) is 0 Å². The van der Waals surface area contributed by atoms with E-state index >= 15 is 0 Å². The van der Waals surface area contributed by atoms with Gasteiger partial charge in [0.1, 0.15) is 17.2 Å². The molecule has 0 aliphatic carbocycles. The molecule has 1 aromatic heterocycles. The van der Waals surface area contributed by atoms with Crippen molar-refractivity contribution in [1.29, 1.82) is 0 Å². The SMILES string of the molecule is COc1ccc(OC)c(CN(CCO)C(=O)c2csc(C)n2)c1. The lowest BCUT2D eigenvalue weighted by atomic mass is 10.1. The Morgan fingerprint density at radius 2 is 2.13 bits per heavy atom. The molecule has 124 valence electrons. The smallest absolute Gasteiger partial charge is 0.273 e. The Hall–Kier alpha value is -2.12. The lowest BCUT2D eigenvalue weighted by molar-refractivity contribution is 0.0701. The predicted octanol–water partition coefficient (Wildman–Crippen LogP) is 2.10. The Bertz CT molecular complexity index is 672. The third kappa shape index (κ3) is 4.20. The van der Waals surface area contributed by atoms with Crippen molar-refractivity contribution in [2.75, 3.05) is 27.4 Å². The Morgan fingerprint density at radius 1 is 1.35 bits per heavy atom. The molecule has 2 aromatic rings. The largest absolute Gasteiger partial charge is 0.497 e. The van der Waals surface area contributed by atoms with Crippen molar-refractivity contribution in [3.63, 3.8) is 0 Å². The van der Waals surface area contributed by atoms with Crippen LogP contribution >= 0.6 is 11.3 Å². The first-order valence-electron chi connectivity index (χ1n) is 7.12. The number of methoxy groups -OCH3 is 2. The molecular weight excluding hydrogens is 316 g/mol. The molecule has 0 aliphatic rings. The Balaban J connectivity index is 2.27. The fourth-order valence-corrected chi connectivity index (χ4v) is 2.79. The molecule has 1 N–H and O–H groups in total. The molecule has 1 aromatic carbocycles. The maximum absolute atomic E-state index is 12.6. The van der Waals surface area contributed by atoms with Crippen LogP contribution < -0.4 is 9.47 Å². The van der Waals surface area contributed by atoms with E-state index in [1.165, 1.54) is 11.3 Å². The average Bonchev–Trinajstić information content (AvgIpc) is 3.00. The zero-order chi connectivity index (χ0) is 16.8. The normalized spacial score (nSPS) is 10.4. The first-order valence-corrected chi connectivity index (χ1v) is 8.00. The van der Waals surface area contributed by atoms with Crippen molar-refractivity contribution < 1.29 is 19.4 Å². The fraction of sp³-hybridized carbons (Fsp3) is 0.375. The molecule has 0 spiro atoms. The highest BCUT2D eigenvalue weighted by Crippen LogP contribution is 2.26. The first kappa shape index (κ1) is 17.2. The number of amides is 1. The molecule has 6 nitrogen and oxygen atoms in total. The summed E-state index contributed by atoms with van der Waals surface area (Å²) in [6.07, 6.45) is 0. The van der Waals surface area contributed by atoms with E-state index in [0.717, 1.165) is 10.6 Å². The van der Waals surface area contributed by atoms with Crippen LogP contribution in [0.3, 0.4) is 0 Å². The summed E-state index contributed by atoms with van der Waals surface area (Å²) < 4.78 is 10.6. The van der Waals surface area contributed by atoms with Gasteiger partial charge in [0.25, 0.3) is 5.91 Å². The lowest BCUT2D eigenvalue weighted by Crippen LogP contribution is -2.33. The van der Waals surface area contributed by atoms with Crippen LogP contribution in [0.25, 0.3) is 0 Å². The number of ether oxygens (including phenoxy) is 2. The van der Waals surface area contributed by atoms with Crippen LogP contribution in [0.5, 0.6) is 11.5 Å². The molecule has 0 radical (unpaired) electrons. The van der Waals surface area contributed by atoms with E-state index in [9.17, 15) is 9.90 Å². The monoisotopic (exact) mass is 336 g/mol. The van der Waals surface area contributed by atoms with Gasteiger partial charge >= 0.3 is 0 Å². The van der Waals surface area contributed by atoms with Crippen LogP contribution in [-0.2, 0) is 6.54 Å². The van der Waals surface area contributed by atoms with Crippen LogP contribution in [0.1, 0.15) is 21.1 Å². The number of aryl methyl sites for hydroxylation is 1. The van der Waals surface area contributed by atoms with Crippen molar-refractivity contribution >= 4 is 17.2 Å². The quantitative estimate of drug-likeness (QED) is 0.838. The molecule has 7 heteroatoms. The van der Waals surface area contributed by atoms with Gasteiger partial charge in [0.2, 0.25) is 0 Å². The van der Waals surface area contributed by atoms with Gasteiger partial charge in [-0.2, -0.15) is 0 Å². The van der Waals surface area contributed by atoms with E-state index < -0.39 is 0 Å². The van der Waals surface area contributed by atoms with E-state index in [-0.39, 0.29) is 19.1 Å². The number of benzene rings is 1. The van der Waals surface area contributed by atoms with Crippen molar-refractivity contribution in [1.82, 2.24) is 9.88 Å². The van der Waals surface area contributed by atoms with E-state index in [1.807, 2.05) is 13.0 Å². The van der Waals surface area contributed by atoms with Gasteiger partial charge in [0.05, 0.1) is 25.8 Å². The van der Waals surface area contributed by atoms with Gasteiger partial charge in [0, 0.05) is 24.0 Å². The molecule has 0 atom stereocenters. The van der Waals surface area contributed by atoms with Gasteiger partial charge in [-0.1, -0.05) is 0 Å². The lowest BCUT2D eigenvalue weighted by Gasteiger charge is -2.22. The van der Waals surface area contributed by atoms with Gasteiger partial charge in [0.15, 0.2) is 0 Å². The highest BCUT2D eigenvalue weighted by Gasteiger charge is 2.20. The highest BCUT2D eigenvalue weighted by atomic mass is 32.1. The molecule has 2 rings (SSSR count). The molecule has 0 unspecified atom stereocenters. The van der Waals surface area contributed by atoms with Gasteiger partial charge in [-0.15, -0.1) is 11.3 Å². The average molecular weight is 336 g/mol. The topological polar surface area (TPSA) is 71.9 Å². The maximum Gasteiger partial charge on any atom is 0.273 e. The number of rotatable bonds is 7. The van der Waals surface area contributed by atoms with Gasteiger partial charge in [-0.3, -0.25) is 4.79 Å². The van der Waals surface area contributed by atoms with Gasteiger partial charge in [-0.25, -0.2) is 4.98 Å². The fourth-order valence-electron chi connectivity index (χ4n) is 2.21. The summed E-state index contributed by atoms with van der Waals surface area (Å²) in [5.74, 6) is 1.13. The van der Waals surface area contributed by atoms with Gasteiger partial charge < -0.3 is 19.5 Å². The van der Waals surface area contributed by atoms with E-state index in [4.69, 9.17) is 9.47 Å². The third-order valence-corrected chi connectivity index (χ3v) is 4.12. The minimum Gasteiger partial charge on any atom is -0.497 e. The molecule has 0 saturated heterocycles. The van der Waals surface area contributed by atoms with Crippen LogP contribution in [-0.4, -0.2) is 48.3 Å².